The molecule has 1 aromatic heterocycles. The lowest BCUT2D eigenvalue weighted by Gasteiger charge is -2.13. The van der Waals surface area contributed by atoms with Gasteiger partial charge in [0.2, 0.25) is 0 Å². The lowest BCUT2D eigenvalue weighted by atomic mass is 9.93. The van der Waals surface area contributed by atoms with E-state index in [-0.39, 0.29) is 12.3 Å². The molecule has 1 N–H and O–H groups in total. The summed E-state index contributed by atoms with van der Waals surface area (Å²) in [6, 6.07) is 15.5. The van der Waals surface area contributed by atoms with Gasteiger partial charge in [-0.1, -0.05) is 48.0 Å². The van der Waals surface area contributed by atoms with E-state index in [1.165, 1.54) is 0 Å². The number of halogens is 1. The van der Waals surface area contributed by atoms with E-state index < -0.39 is 5.97 Å². The van der Waals surface area contributed by atoms with Gasteiger partial charge < -0.3 is 5.11 Å². The zero-order valence-electron chi connectivity index (χ0n) is 14.1. The molecule has 130 valence electrons. The van der Waals surface area contributed by atoms with E-state index >= 15 is 0 Å². The minimum Gasteiger partial charge on any atom is -0.481 e. The third kappa shape index (κ3) is 2.80. The number of nitrogens with zero attached hydrogens (tertiary/aromatic N) is 3. The lowest BCUT2D eigenvalue weighted by Crippen LogP contribution is -2.10. The number of carbonyl (C=O) groups is 1. The van der Waals surface area contributed by atoms with E-state index in [0.717, 1.165) is 28.2 Å². The summed E-state index contributed by atoms with van der Waals surface area (Å²) in [7, 11) is 0. The molecule has 0 saturated carbocycles. The number of fused-ring (bicyclic) bond motifs is 3. The Kier molecular flexibility index (Phi) is 4.09. The molecule has 5 nitrogen and oxygen atoms in total. The van der Waals surface area contributed by atoms with E-state index in [1.807, 2.05) is 66.1 Å². The van der Waals surface area contributed by atoms with Gasteiger partial charge in [-0.05, 0) is 36.3 Å². The van der Waals surface area contributed by atoms with E-state index in [2.05, 4.69) is 10.2 Å². The molecule has 0 aliphatic carbocycles. The largest absolute Gasteiger partial charge is 0.481 e. The van der Waals surface area contributed by atoms with Gasteiger partial charge in [0.25, 0.3) is 0 Å². The third-order valence-electron chi connectivity index (χ3n) is 4.53. The monoisotopic (exact) mass is 365 g/mol. The third-order valence-corrected chi connectivity index (χ3v) is 4.79. The van der Waals surface area contributed by atoms with Crippen molar-refractivity contribution in [3.05, 3.63) is 82.4 Å². The molecule has 0 bridgehead atoms. The molecule has 3 aromatic rings. The van der Waals surface area contributed by atoms with Crippen LogP contribution in [0.1, 0.15) is 35.1 Å². The van der Waals surface area contributed by atoms with Crippen LogP contribution < -0.4 is 0 Å². The van der Waals surface area contributed by atoms with Crippen molar-refractivity contribution in [3.8, 4) is 5.69 Å². The highest BCUT2D eigenvalue weighted by Crippen LogP contribution is 2.38. The Morgan fingerprint density at radius 3 is 2.62 bits per heavy atom. The number of aromatic nitrogens is 3. The molecule has 1 aliphatic rings. The number of carboxylic acid groups (broad SMARTS) is 1. The molecule has 1 atom stereocenters. The molecule has 26 heavy (non-hydrogen) atoms. The molecular weight excluding hydrogens is 350 g/mol. The Morgan fingerprint density at radius 2 is 1.88 bits per heavy atom. The van der Waals surface area contributed by atoms with Crippen molar-refractivity contribution in [1.29, 1.82) is 0 Å². The second-order valence-corrected chi connectivity index (χ2v) is 6.69. The van der Waals surface area contributed by atoms with Crippen LogP contribution in [-0.4, -0.2) is 25.8 Å². The Morgan fingerprint density at radius 1 is 1.15 bits per heavy atom. The van der Waals surface area contributed by atoms with E-state index in [1.54, 1.807) is 0 Å². The fourth-order valence-electron chi connectivity index (χ4n) is 3.40. The lowest BCUT2D eigenvalue weighted by molar-refractivity contribution is -0.137. The van der Waals surface area contributed by atoms with Crippen LogP contribution in [0, 0.1) is 6.92 Å². The first kappa shape index (κ1) is 16.5. The Hall–Kier alpha value is -2.92. The van der Waals surface area contributed by atoms with Gasteiger partial charge >= 0.3 is 5.97 Å². The highest BCUT2D eigenvalue weighted by atomic mass is 35.5. The molecule has 0 spiro atoms. The zero-order chi connectivity index (χ0) is 18.3. The molecule has 0 fully saturated rings. The second-order valence-electron chi connectivity index (χ2n) is 6.25. The summed E-state index contributed by atoms with van der Waals surface area (Å²) in [4.78, 5) is 11.5. The van der Waals surface area contributed by atoms with E-state index in [4.69, 9.17) is 11.6 Å². The van der Waals surface area contributed by atoms with Crippen LogP contribution in [0.2, 0.25) is 5.02 Å². The molecule has 6 heteroatoms. The molecule has 0 amide bonds. The Labute approximate surface area is 155 Å². The number of hydrogen-bond donors (Lipinski definition) is 1. The Bertz CT molecular complexity index is 1020. The number of aliphatic carboxylic acids is 1. The SMILES string of the molecule is Cc1nnc2n1-c1ccccc1C(c1ccc(Cl)cc1)=C[C@@H]2CC(=O)O. The summed E-state index contributed by atoms with van der Waals surface area (Å²) in [6.07, 6.45) is 1.92. The second kappa shape index (κ2) is 6.42. The minimum atomic E-state index is -0.875. The number of allylic oxidation sites excluding steroid dienone is 1. The summed E-state index contributed by atoms with van der Waals surface area (Å²) in [5, 5.41) is 18.5. The molecular formula is C20H16ClN3O2. The summed E-state index contributed by atoms with van der Waals surface area (Å²) >= 11 is 6.04. The summed E-state index contributed by atoms with van der Waals surface area (Å²) in [6.45, 7) is 1.87. The van der Waals surface area contributed by atoms with Crippen LogP contribution in [0.5, 0.6) is 0 Å². The number of carboxylic acids is 1. The van der Waals surface area contributed by atoms with Gasteiger partial charge in [0, 0.05) is 16.5 Å². The smallest absolute Gasteiger partial charge is 0.304 e. The maximum atomic E-state index is 11.5. The van der Waals surface area contributed by atoms with Crippen molar-refractivity contribution in [2.24, 2.45) is 0 Å². The molecule has 0 radical (unpaired) electrons. The highest BCUT2D eigenvalue weighted by Gasteiger charge is 2.28. The van der Waals surface area contributed by atoms with Crippen LogP contribution in [0.25, 0.3) is 11.3 Å². The first-order valence-electron chi connectivity index (χ1n) is 8.26. The molecule has 4 rings (SSSR count). The number of para-hydroxylation sites is 1. The Balaban J connectivity index is 1.99. The molecule has 1 aliphatic heterocycles. The highest BCUT2D eigenvalue weighted by molar-refractivity contribution is 6.30. The van der Waals surface area contributed by atoms with Crippen molar-refractivity contribution in [3.63, 3.8) is 0 Å². The van der Waals surface area contributed by atoms with Gasteiger partial charge in [0.15, 0.2) is 0 Å². The van der Waals surface area contributed by atoms with Crippen LogP contribution in [0.3, 0.4) is 0 Å². The van der Waals surface area contributed by atoms with Crippen molar-refractivity contribution < 1.29 is 9.90 Å². The van der Waals surface area contributed by atoms with Gasteiger partial charge in [-0.15, -0.1) is 10.2 Å². The standard InChI is InChI=1S/C20H16ClN3O2/c1-12-22-23-20-14(11-19(25)26)10-17(13-6-8-15(21)9-7-13)16-4-2-3-5-18(16)24(12)20/h2-10,14H,11H2,1H3,(H,25,26)/t14-/m1/s1. The van der Waals surface area contributed by atoms with Gasteiger partial charge in [0.1, 0.15) is 11.6 Å². The maximum Gasteiger partial charge on any atom is 0.304 e. The fourth-order valence-corrected chi connectivity index (χ4v) is 3.52. The van der Waals surface area contributed by atoms with Crippen molar-refractivity contribution in [2.75, 3.05) is 0 Å². The van der Waals surface area contributed by atoms with Crippen molar-refractivity contribution in [2.45, 2.75) is 19.3 Å². The van der Waals surface area contributed by atoms with Gasteiger partial charge in [-0.25, -0.2) is 0 Å². The normalized spacial score (nSPS) is 15.6. The number of hydrogen-bond acceptors (Lipinski definition) is 3. The summed E-state index contributed by atoms with van der Waals surface area (Å²) in [5.74, 6) is 0.113. The average Bonchev–Trinajstić information content (AvgIpc) is 2.94. The van der Waals surface area contributed by atoms with Crippen molar-refractivity contribution >= 4 is 23.1 Å². The van der Waals surface area contributed by atoms with Crippen LogP contribution in [0.15, 0.2) is 54.6 Å². The quantitative estimate of drug-likeness (QED) is 0.754. The average molecular weight is 366 g/mol. The minimum absolute atomic E-state index is 0.0524. The maximum absolute atomic E-state index is 11.5. The van der Waals surface area contributed by atoms with Crippen molar-refractivity contribution in [1.82, 2.24) is 14.8 Å². The van der Waals surface area contributed by atoms with Crippen LogP contribution >= 0.6 is 11.6 Å². The molecule has 0 saturated heterocycles. The van der Waals surface area contributed by atoms with Gasteiger partial charge in [-0.3, -0.25) is 9.36 Å². The first-order valence-corrected chi connectivity index (χ1v) is 8.63. The van der Waals surface area contributed by atoms with Crippen LogP contribution in [-0.2, 0) is 4.79 Å². The van der Waals surface area contributed by atoms with E-state index in [9.17, 15) is 9.90 Å². The van der Waals surface area contributed by atoms with E-state index in [0.29, 0.717) is 10.8 Å². The first-order chi connectivity index (χ1) is 12.5. The van der Waals surface area contributed by atoms with Gasteiger partial charge in [-0.2, -0.15) is 0 Å². The fraction of sp³-hybridized carbons (Fsp3) is 0.150. The number of benzene rings is 2. The number of rotatable bonds is 3. The zero-order valence-corrected chi connectivity index (χ0v) is 14.8. The predicted octanol–water partition coefficient (Wildman–Crippen LogP) is 4.23. The van der Waals surface area contributed by atoms with Gasteiger partial charge in [0.05, 0.1) is 12.1 Å². The summed E-state index contributed by atoms with van der Waals surface area (Å²) in [5.41, 5.74) is 3.90. The predicted molar refractivity (Wildman–Crippen MR) is 99.6 cm³/mol. The van der Waals surface area contributed by atoms with Crippen LogP contribution in [0.4, 0.5) is 0 Å². The number of aryl methyl sites for hydroxylation is 1. The topological polar surface area (TPSA) is 68.0 Å². The molecule has 2 heterocycles. The summed E-state index contributed by atoms with van der Waals surface area (Å²) < 4.78 is 1.95. The molecule has 2 aromatic carbocycles. The molecule has 0 unspecified atom stereocenters.